The van der Waals surface area contributed by atoms with Gasteiger partial charge in [0.05, 0.1) is 12.3 Å². The van der Waals surface area contributed by atoms with E-state index in [1.54, 1.807) is 0 Å². The summed E-state index contributed by atoms with van der Waals surface area (Å²) in [7, 11) is 0. The summed E-state index contributed by atoms with van der Waals surface area (Å²) >= 11 is 0. The van der Waals surface area contributed by atoms with E-state index in [0.29, 0.717) is 0 Å². The number of carbonyl (C=O) groups is 2. The lowest BCUT2D eigenvalue weighted by atomic mass is 10.0. The van der Waals surface area contributed by atoms with Crippen molar-refractivity contribution in [2.45, 2.75) is 238 Å². The van der Waals surface area contributed by atoms with Gasteiger partial charge in [0, 0.05) is 0 Å². The van der Waals surface area contributed by atoms with Crippen molar-refractivity contribution in [1.82, 2.24) is 0 Å². The molecule has 0 aromatic heterocycles. The molecule has 1 atom stereocenters. The Morgan fingerprint density at radius 1 is 0.444 bits per heavy atom. The van der Waals surface area contributed by atoms with Crippen molar-refractivity contribution >= 4 is 11.9 Å². The van der Waals surface area contributed by atoms with E-state index in [-0.39, 0.29) is 24.3 Å². The summed E-state index contributed by atoms with van der Waals surface area (Å²) in [6.45, 7) is 2.30. The van der Waals surface area contributed by atoms with Crippen LogP contribution in [0.3, 0.4) is 0 Å². The molecule has 1 rings (SSSR count). The van der Waals surface area contributed by atoms with Crippen LogP contribution in [0, 0.1) is 5.92 Å². The first-order valence-electron chi connectivity index (χ1n) is 20.6. The van der Waals surface area contributed by atoms with Gasteiger partial charge in [-0.3, -0.25) is 9.59 Å². The average Bonchev–Trinajstić information content (AvgIpc) is 3.36. The molecule has 1 fully saturated rings. The van der Waals surface area contributed by atoms with E-state index in [1.807, 2.05) is 12.2 Å². The number of carbonyl (C=O) groups excluding carboxylic acids is 2. The number of cyclic esters (lactones) is 2. The summed E-state index contributed by atoms with van der Waals surface area (Å²) in [5.74, 6) is -1.11. The van der Waals surface area contributed by atoms with Crippen molar-refractivity contribution in [1.29, 1.82) is 0 Å². The van der Waals surface area contributed by atoms with Gasteiger partial charge in [-0.25, -0.2) is 0 Å². The van der Waals surface area contributed by atoms with Gasteiger partial charge in [-0.1, -0.05) is 231 Å². The van der Waals surface area contributed by atoms with Gasteiger partial charge >= 0.3 is 11.9 Å². The first kappa shape index (κ1) is 41.9. The molecule has 1 aliphatic heterocycles. The summed E-state index contributed by atoms with van der Waals surface area (Å²) in [5, 5.41) is 0. The Kier molecular flexibility index (Phi) is 31.9. The zero-order valence-electron chi connectivity index (χ0n) is 30.4. The van der Waals surface area contributed by atoms with E-state index in [1.165, 1.54) is 218 Å². The molecule has 1 aliphatic rings. The van der Waals surface area contributed by atoms with Gasteiger partial charge in [-0.2, -0.15) is 0 Å². The van der Waals surface area contributed by atoms with E-state index in [9.17, 15) is 9.59 Å². The van der Waals surface area contributed by atoms with Gasteiger partial charge in [0.15, 0.2) is 0 Å². The average molecular weight is 631 g/mol. The third-order valence-corrected chi connectivity index (χ3v) is 10.00. The first-order valence-corrected chi connectivity index (χ1v) is 20.6. The second kappa shape index (κ2) is 34.2. The maximum absolute atomic E-state index is 11.4. The molecule has 3 heteroatoms. The largest absolute Gasteiger partial charge is 0.393 e. The number of hydrogen-bond acceptors (Lipinski definition) is 3. The predicted octanol–water partition coefficient (Wildman–Crippen LogP) is 14.3. The molecule has 0 saturated carbocycles. The lowest BCUT2D eigenvalue weighted by Gasteiger charge is -2.05. The molecule has 1 heterocycles. The lowest BCUT2D eigenvalue weighted by Crippen LogP contribution is -2.03. The molecule has 45 heavy (non-hydrogen) atoms. The Morgan fingerprint density at radius 3 is 0.956 bits per heavy atom. The maximum Gasteiger partial charge on any atom is 0.321 e. The molecule has 264 valence electrons. The minimum Gasteiger partial charge on any atom is -0.393 e. The molecule has 1 saturated heterocycles. The topological polar surface area (TPSA) is 43.4 Å². The van der Waals surface area contributed by atoms with Crippen molar-refractivity contribution < 1.29 is 14.3 Å². The second-order valence-corrected chi connectivity index (χ2v) is 14.5. The normalized spacial score (nSPS) is 15.1. The third kappa shape index (κ3) is 30.0. The van der Waals surface area contributed by atoms with Crippen LogP contribution < -0.4 is 0 Å². The smallest absolute Gasteiger partial charge is 0.321 e. The van der Waals surface area contributed by atoms with Crippen LogP contribution in [-0.4, -0.2) is 11.9 Å². The number of esters is 2. The van der Waals surface area contributed by atoms with Gasteiger partial charge in [0.2, 0.25) is 0 Å². The van der Waals surface area contributed by atoms with Crippen LogP contribution in [0.5, 0.6) is 0 Å². The van der Waals surface area contributed by atoms with E-state index in [2.05, 4.69) is 11.7 Å². The summed E-state index contributed by atoms with van der Waals surface area (Å²) in [6, 6.07) is 0. The molecule has 0 N–H and O–H groups in total. The van der Waals surface area contributed by atoms with E-state index < -0.39 is 0 Å². The molecule has 0 aliphatic carbocycles. The molecule has 0 radical (unpaired) electrons. The SMILES string of the molecule is CCCCCCCCCCCCCCCCCCCCCCCCCCCCCCCCCCCC/C=C/C1CC(=O)OC1=O. The number of unbranched alkanes of at least 4 members (excludes halogenated alkanes) is 34. The van der Waals surface area contributed by atoms with Gasteiger partial charge < -0.3 is 4.74 Å². The fourth-order valence-corrected chi connectivity index (χ4v) is 6.89. The van der Waals surface area contributed by atoms with E-state index in [4.69, 9.17) is 0 Å². The summed E-state index contributed by atoms with van der Waals surface area (Å²) in [4.78, 5) is 22.5. The molecular weight excluding hydrogens is 552 g/mol. The van der Waals surface area contributed by atoms with Crippen LogP contribution in [0.4, 0.5) is 0 Å². The Labute approximate surface area is 281 Å². The zero-order valence-corrected chi connectivity index (χ0v) is 30.4. The van der Waals surface area contributed by atoms with Gasteiger partial charge in [0.25, 0.3) is 0 Å². The molecule has 0 spiro atoms. The second-order valence-electron chi connectivity index (χ2n) is 14.5. The Bertz CT molecular complexity index is 669. The number of hydrogen-bond donors (Lipinski definition) is 0. The van der Waals surface area contributed by atoms with Crippen molar-refractivity contribution in [3.05, 3.63) is 12.2 Å². The Hall–Kier alpha value is -1.12. The van der Waals surface area contributed by atoms with Gasteiger partial charge in [-0.15, -0.1) is 0 Å². The minimum atomic E-state index is -0.388. The third-order valence-electron chi connectivity index (χ3n) is 10.00. The fraction of sp³-hybridized carbons (Fsp3) is 0.905. The highest BCUT2D eigenvalue weighted by molar-refractivity contribution is 5.95. The molecule has 0 aromatic rings. The lowest BCUT2D eigenvalue weighted by molar-refractivity contribution is -0.152. The van der Waals surface area contributed by atoms with Gasteiger partial charge in [-0.05, 0) is 12.8 Å². The molecule has 0 aromatic carbocycles. The summed E-state index contributed by atoms with van der Waals surface area (Å²) in [6.07, 6.45) is 53.9. The van der Waals surface area contributed by atoms with Crippen molar-refractivity contribution in [2.75, 3.05) is 0 Å². The number of ether oxygens (including phenoxy) is 1. The molecular formula is C42H78O3. The minimum absolute atomic E-state index is 0.217. The molecule has 1 unspecified atom stereocenters. The monoisotopic (exact) mass is 631 g/mol. The Balaban J connectivity index is 1.63. The molecule has 3 nitrogen and oxygen atoms in total. The standard InChI is InChI=1S/C42H78O3/c1-2-3-4-5-6-7-8-9-10-11-12-13-14-15-16-17-18-19-20-21-22-23-24-25-26-27-28-29-30-31-32-33-34-35-36-37-38-40-39-41(43)45-42(40)44/h37-38,40H,2-36,39H2,1H3/b38-37+. The molecule has 0 bridgehead atoms. The van der Waals surface area contributed by atoms with Crippen LogP contribution in [0.15, 0.2) is 12.2 Å². The van der Waals surface area contributed by atoms with Crippen LogP contribution in [-0.2, 0) is 14.3 Å². The highest BCUT2D eigenvalue weighted by Gasteiger charge is 2.30. The number of rotatable bonds is 36. The van der Waals surface area contributed by atoms with Crippen LogP contribution >= 0.6 is 0 Å². The summed E-state index contributed by atoms with van der Waals surface area (Å²) < 4.78 is 4.57. The van der Waals surface area contributed by atoms with E-state index in [0.717, 1.165) is 6.42 Å². The highest BCUT2D eigenvalue weighted by Crippen LogP contribution is 2.19. The Morgan fingerprint density at radius 2 is 0.711 bits per heavy atom. The first-order chi connectivity index (χ1) is 22.2. The van der Waals surface area contributed by atoms with Crippen molar-refractivity contribution in [2.24, 2.45) is 5.92 Å². The van der Waals surface area contributed by atoms with Crippen molar-refractivity contribution in [3.8, 4) is 0 Å². The van der Waals surface area contributed by atoms with Crippen LogP contribution in [0.25, 0.3) is 0 Å². The summed E-state index contributed by atoms with van der Waals surface area (Å²) in [5.41, 5.74) is 0. The van der Waals surface area contributed by atoms with Crippen LogP contribution in [0.2, 0.25) is 0 Å². The maximum atomic E-state index is 11.4. The predicted molar refractivity (Wildman–Crippen MR) is 196 cm³/mol. The fourth-order valence-electron chi connectivity index (χ4n) is 6.89. The zero-order chi connectivity index (χ0) is 32.3. The van der Waals surface area contributed by atoms with Gasteiger partial charge in [0.1, 0.15) is 0 Å². The number of allylic oxidation sites excluding steroid dienone is 1. The van der Waals surface area contributed by atoms with E-state index >= 15 is 0 Å². The molecule has 0 amide bonds. The highest BCUT2D eigenvalue weighted by atomic mass is 16.6. The van der Waals surface area contributed by atoms with Crippen LogP contribution in [0.1, 0.15) is 238 Å². The quantitative estimate of drug-likeness (QED) is 0.0299. The van der Waals surface area contributed by atoms with Crippen molar-refractivity contribution in [3.63, 3.8) is 0 Å².